The minimum Gasteiger partial charge on any atom is -0.456 e. The quantitative estimate of drug-likeness (QED) is 0.619. The highest BCUT2D eigenvalue weighted by Crippen LogP contribution is 2.32. The van der Waals surface area contributed by atoms with Gasteiger partial charge in [-0.15, -0.1) is 0 Å². The Balaban J connectivity index is 2.43. The zero-order chi connectivity index (χ0) is 12.9. The molecule has 18 heavy (non-hydrogen) atoms. The number of hydrogen-bond acceptors (Lipinski definition) is 3. The van der Waals surface area contributed by atoms with Crippen LogP contribution < -0.4 is 0 Å². The molecule has 0 aliphatic rings. The van der Waals surface area contributed by atoms with Gasteiger partial charge in [-0.25, -0.2) is 8.42 Å². The van der Waals surface area contributed by atoms with E-state index in [0.717, 1.165) is 15.2 Å². The van der Waals surface area contributed by atoms with Crippen LogP contribution >= 0.6 is 26.6 Å². The molecule has 0 aliphatic heterocycles. The van der Waals surface area contributed by atoms with Crippen molar-refractivity contribution in [2.24, 2.45) is 0 Å². The minimum absolute atomic E-state index is 0.0716. The summed E-state index contributed by atoms with van der Waals surface area (Å²) in [5.41, 5.74) is 1.33. The molecule has 0 fully saturated rings. The van der Waals surface area contributed by atoms with Crippen LogP contribution in [-0.2, 0) is 9.05 Å². The van der Waals surface area contributed by atoms with Crippen LogP contribution in [0.1, 0.15) is 0 Å². The van der Waals surface area contributed by atoms with Crippen LogP contribution in [0, 0.1) is 0 Å². The summed E-state index contributed by atoms with van der Waals surface area (Å²) in [6.45, 7) is 0. The van der Waals surface area contributed by atoms with Gasteiger partial charge in [0.05, 0.1) is 4.90 Å². The molecular weight excluding hydrogens is 340 g/mol. The van der Waals surface area contributed by atoms with Gasteiger partial charge in [0.2, 0.25) is 0 Å². The SMILES string of the molecule is O=S(=O)(Cl)c1ccc2oc3cc(Br)ccc3c2c1. The molecule has 0 bridgehead atoms. The summed E-state index contributed by atoms with van der Waals surface area (Å²) in [6.07, 6.45) is 0. The molecule has 0 atom stereocenters. The summed E-state index contributed by atoms with van der Waals surface area (Å²) in [5, 5.41) is 1.59. The fourth-order valence-electron chi connectivity index (χ4n) is 1.88. The summed E-state index contributed by atoms with van der Waals surface area (Å²) in [4.78, 5) is 0.0716. The van der Waals surface area contributed by atoms with Crippen LogP contribution in [0.15, 0.2) is 50.2 Å². The largest absolute Gasteiger partial charge is 0.456 e. The van der Waals surface area contributed by atoms with Gasteiger partial charge >= 0.3 is 0 Å². The van der Waals surface area contributed by atoms with Crippen LogP contribution in [0.25, 0.3) is 21.9 Å². The lowest BCUT2D eigenvalue weighted by atomic mass is 10.1. The van der Waals surface area contributed by atoms with Gasteiger partial charge in [0.1, 0.15) is 11.2 Å². The lowest BCUT2D eigenvalue weighted by Gasteiger charge is -1.95. The van der Waals surface area contributed by atoms with E-state index in [0.29, 0.717) is 11.2 Å². The predicted molar refractivity (Wildman–Crippen MR) is 74.5 cm³/mol. The van der Waals surface area contributed by atoms with Gasteiger partial charge in [0, 0.05) is 25.9 Å². The van der Waals surface area contributed by atoms with Crippen molar-refractivity contribution < 1.29 is 12.8 Å². The van der Waals surface area contributed by atoms with Gasteiger partial charge in [0.25, 0.3) is 9.05 Å². The van der Waals surface area contributed by atoms with Crippen LogP contribution in [0.3, 0.4) is 0 Å². The Kier molecular flexibility index (Phi) is 2.66. The molecule has 0 aliphatic carbocycles. The molecule has 0 saturated carbocycles. The van der Waals surface area contributed by atoms with Crippen molar-refractivity contribution in [2.45, 2.75) is 4.90 Å². The molecule has 0 amide bonds. The predicted octanol–water partition coefficient (Wildman–Crippen LogP) is 4.28. The van der Waals surface area contributed by atoms with E-state index in [-0.39, 0.29) is 4.90 Å². The molecule has 3 aromatic rings. The number of benzene rings is 2. The van der Waals surface area contributed by atoms with Crippen molar-refractivity contribution in [2.75, 3.05) is 0 Å². The van der Waals surface area contributed by atoms with Gasteiger partial charge in [-0.2, -0.15) is 0 Å². The van der Waals surface area contributed by atoms with E-state index < -0.39 is 9.05 Å². The summed E-state index contributed by atoms with van der Waals surface area (Å²) in [5.74, 6) is 0. The highest BCUT2D eigenvalue weighted by Gasteiger charge is 2.14. The Bertz CT molecular complexity index is 868. The first-order valence-electron chi connectivity index (χ1n) is 5.02. The summed E-state index contributed by atoms with van der Waals surface area (Å²) in [6, 6.07) is 10.2. The van der Waals surface area contributed by atoms with Crippen molar-refractivity contribution in [3.8, 4) is 0 Å². The summed E-state index contributed by atoms with van der Waals surface area (Å²) in [7, 11) is 1.61. The molecule has 3 rings (SSSR count). The van der Waals surface area contributed by atoms with E-state index in [9.17, 15) is 8.42 Å². The molecule has 0 N–H and O–H groups in total. The van der Waals surface area contributed by atoms with E-state index in [2.05, 4.69) is 15.9 Å². The van der Waals surface area contributed by atoms with E-state index in [1.165, 1.54) is 12.1 Å². The third kappa shape index (κ3) is 1.92. The van der Waals surface area contributed by atoms with Crippen molar-refractivity contribution in [3.05, 3.63) is 40.9 Å². The fourth-order valence-corrected chi connectivity index (χ4v) is 3.00. The van der Waals surface area contributed by atoms with E-state index in [1.807, 2.05) is 18.2 Å². The van der Waals surface area contributed by atoms with Crippen molar-refractivity contribution in [3.63, 3.8) is 0 Å². The normalized spacial score (nSPS) is 12.3. The van der Waals surface area contributed by atoms with E-state index >= 15 is 0 Å². The number of halogens is 2. The second-order valence-electron chi connectivity index (χ2n) is 3.84. The zero-order valence-corrected chi connectivity index (χ0v) is 12.0. The Morgan fingerprint density at radius 2 is 1.78 bits per heavy atom. The molecule has 0 radical (unpaired) electrons. The van der Waals surface area contributed by atoms with Crippen LogP contribution in [0.5, 0.6) is 0 Å². The maximum absolute atomic E-state index is 11.3. The maximum atomic E-state index is 11.3. The molecule has 1 heterocycles. The van der Waals surface area contributed by atoms with Crippen molar-refractivity contribution in [1.29, 1.82) is 0 Å². The maximum Gasteiger partial charge on any atom is 0.261 e. The van der Waals surface area contributed by atoms with Crippen molar-refractivity contribution >= 4 is 57.6 Å². The summed E-state index contributed by atoms with van der Waals surface area (Å²) >= 11 is 3.36. The smallest absolute Gasteiger partial charge is 0.261 e. The van der Waals surface area contributed by atoms with Crippen LogP contribution in [0.2, 0.25) is 0 Å². The first-order valence-corrected chi connectivity index (χ1v) is 8.12. The highest BCUT2D eigenvalue weighted by atomic mass is 79.9. The third-order valence-corrected chi connectivity index (χ3v) is 4.53. The van der Waals surface area contributed by atoms with Gasteiger partial charge in [0.15, 0.2) is 0 Å². The first kappa shape index (κ1) is 12.0. The zero-order valence-electron chi connectivity index (χ0n) is 8.85. The average Bonchev–Trinajstić information content (AvgIpc) is 2.63. The number of furan rings is 1. The highest BCUT2D eigenvalue weighted by molar-refractivity contribution is 9.10. The van der Waals surface area contributed by atoms with Crippen molar-refractivity contribution in [1.82, 2.24) is 0 Å². The number of hydrogen-bond donors (Lipinski definition) is 0. The lowest BCUT2D eigenvalue weighted by Crippen LogP contribution is -1.88. The average molecular weight is 346 g/mol. The fraction of sp³-hybridized carbons (Fsp3) is 0. The second kappa shape index (κ2) is 3.98. The Morgan fingerprint density at radius 1 is 1.00 bits per heavy atom. The van der Waals surface area contributed by atoms with E-state index in [1.54, 1.807) is 6.07 Å². The molecule has 0 saturated heterocycles. The summed E-state index contributed by atoms with van der Waals surface area (Å²) < 4.78 is 29.2. The first-order chi connectivity index (χ1) is 8.45. The van der Waals surface area contributed by atoms with Gasteiger partial charge < -0.3 is 4.42 Å². The number of rotatable bonds is 1. The molecule has 92 valence electrons. The number of fused-ring (bicyclic) bond motifs is 3. The molecule has 0 spiro atoms. The molecule has 6 heteroatoms. The van der Waals surface area contributed by atoms with E-state index in [4.69, 9.17) is 15.1 Å². The topological polar surface area (TPSA) is 47.3 Å². The Labute approximate surface area is 116 Å². The van der Waals surface area contributed by atoms with Gasteiger partial charge in [-0.05, 0) is 36.4 Å². The van der Waals surface area contributed by atoms with Gasteiger partial charge in [-0.3, -0.25) is 0 Å². The molecule has 3 nitrogen and oxygen atoms in total. The van der Waals surface area contributed by atoms with Crippen LogP contribution in [-0.4, -0.2) is 8.42 Å². The lowest BCUT2D eigenvalue weighted by molar-refractivity contribution is 0.609. The standard InChI is InChI=1S/C12H6BrClO3S/c13-7-1-3-9-10-6-8(18(14,15)16)2-4-11(10)17-12(9)5-7/h1-6H. The molecular formula is C12H6BrClO3S. The second-order valence-corrected chi connectivity index (χ2v) is 7.32. The Hall–Kier alpha value is -1.04. The monoisotopic (exact) mass is 344 g/mol. The molecule has 1 aromatic heterocycles. The molecule has 2 aromatic carbocycles. The third-order valence-electron chi connectivity index (χ3n) is 2.69. The van der Waals surface area contributed by atoms with Crippen LogP contribution in [0.4, 0.5) is 0 Å². The minimum atomic E-state index is -3.73. The Morgan fingerprint density at radius 3 is 2.50 bits per heavy atom. The van der Waals surface area contributed by atoms with Gasteiger partial charge in [-0.1, -0.05) is 15.9 Å². The molecule has 0 unspecified atom stereocenters.